The van der Waals surface area contributed by atoms with Crippen molar-refractivity contribution in [2.75, 3.05) is 6.61 Å². The Morgan fingerprint density at radius 2 is 1.96 bits per heavy atom. The summed E-state index contributed by atoms with van der Waals surface area (Å²) in [6, 6.07) is 15.1. The van der Waals surface area contributed by atoms with Crippen molar-refractivity contribution in [2.45, 2.75) is 39.0 Å². The SMILES string of the molecule is Cc1nc(C(=O)N2C(C)COC(c3ccccc3)C2C)ccc1C#N. The van der Waals surface area contributed by atoms with Gasteiger partial charge in [-0.3, -0.25) is 4.79 Å². The number of nitrogens with zero attached hydrogens (tertiary/aromatic N) is 3. The maximum atomic E-state index is 13.1. The molecular weight excluding hydrogens is 314 g/mol. The van der Waals surface area contributed by atoms with Crippen LogP contribution in [0.2, 0.25) is 0 Å². The highest BCUT2D eigenvalue weighted by Gasteiger charge is 2.37. The zero-order valence-electron chi connectivity index (χ0n) is 14.6. The molecule has 0 spiro atoms. The van der Waals surface area contributed by atoms with Crippen molar-refractivity contribution in [3.63, 3.8) is 0 Å². The quantitative estimate of drug-likeness (QED) is 0.845. The summed E-state index contributed by atoms with van der Waals surface area (Å²) in [7, 11) is 0. The lowest BCUT2D eigenvalue weighted by Crippen LogP contribution is -2.53. The lowest BCUT2D eigenvalue weighted by atomic mass is 9.98. The maximum absolute atomic E-state index is 13.1. The second-order valence-corrected chi connectivity index (χ2v) is 6.41. The van der Waals surface area contributed by atoms with Gasteiger partial charge in [0.25, 0.3) is 5.91 Å². The lowest BCUT2D eigenvalue weighted by Gasteiger charge is -2.43. The number of aromatic nitrogens is 1. The summed E-state index contributed by atoms with van der Waals surface area (Å²) >= 11 is 0. The Kier molecular flexibility index (Phi) is 4.82. The molecule has 0 bridgehead atoms. The molecule has 1 aromatic heterocycles. The Hall–Kier alpha value is -2.71. The summed E-state index contributed by atoms with van der Waals surface area (Å²) in [6.07, 6.45) is -0.166. The minimum atomic E-state index is -0.166. The van der Waals surface area contributed by atoms with Gasteiger partial charge in [-0.05, 0) is 38.5 Å². The lowest BCUT2D eigenvalue weighted by molar-refractivity contribution is -0.0807. The topological polar surface area (TPSA) is 66.2 Å². The Balaban J connectivity index is 1.90. The van der Waals surface area contributed by atoms with E-state index in [0.29, 0.717) is 23.6 Å². The van der Waals surface area contributed by atoms with E-state index in [4.69, 9.17) is 10.00 Å². The van der Waals surface area contributed by atoms with Crippen LogP contribution < -0.4 is 0 Å². The van der Waals surface area contributed by atoms with Crippen LogP contribution >= 0.6 is 0 Å². The Bertz CT molecular complexity index is 813. The number of benzene rings is 1. The second-order valence-electron chi connectivity index (χ2n) is 6.41. The number of amides is 1. The minimum absolute atomic E-state index is 0.0415. The van der Waals surface area contributed by atoms with Crippen molar-refractivity contribution in [1.82, 2.24) is 9.88 Å². The van der Waals surface area contributed by atoms with Crippen LogP contribution in [0.4, 0.5) is 0 Å². The summed E-state index contributed by atoms with van der Waals surface area (Å²) in [4.78, 5) is 19.2. The number of hydrogen-bond acceptors (Lipinski definition) is 4. The summed E-state index contributed by atoms with van der Waals surface area (Å²) in [5.41, 5.74) is 2.48. The van der Waals surface area contributed by atoms with Crippen molar-refractivity contribution in [2.24, 2.45) is 0 Å². The van der Waals surface area contributed by atoms with Crippen molar-refractivity contribution < 1.29 is 9.53 Å². The number of ether oxygens (including phenoxy) is 1. The Labute approximate surface area is 147 Å². The van der Waals surface area contributed by atoms with Crippen molar-refractivity contribution in [3.05, 3.63) is 65.0 Å². The Morgan fingerprint density at radius 3 is 2.60 bits per heavy atom. The predicted molar refractivity (Wildman–Crippen MR) is 93.9 cm³/mol. The van der Waals surface area contributed by atoms with E-state index in [9.17, 15) is 4.79 Å². The number of carbonyl (C=O) groups is 1. The number of pyridine rings is 1. The molecule has 1 aromatic carbocycles. The molecule has 128 valence electrons. The largest absolute Gasteiger partial charge is 0.369 e. The van der Waals surface area contributed by atoms with Crippen LogP contribution in [-0.2, 0) is 4.74 Å². The van der Waals surface area contributed by atoms with Crippen LogP contribution in [0.5, 0.6) is 0 Å². The van der Waals surface area contributed by atoms with E-state index in [2.05, 4.69) is 11.1 Å². The number of morpholine rings is 1. The molecule has 2 aromatic rings. The fourth-order valence-electron chi connectivity index (χ4n) is 3.34. The number of hydrogen-bond donors (Lipinski definition) is 0. The molecule has 0 aliphatic carbocycles. The van der Waals surface area contributed by atoms with Gasteiger partial charge in [-0.15, -0.1) is 0 Å². The molecule has 0 N–H and O–H groups in total. The van der Waals surface area contributed by atoms with Crippen LogP contribution in [0.3, 0.4) is 0 Å². The molecule has 2 heterocycles. The van der Waals surface area contributed by atoms with Gasteiger partial charge in [0.1, 0.15) is 17.9 Å². The highest BCUT2D eigenvalue weighted by molar-refractivity contribution is 5.93. The highest BCUT2D eigenvalue weighted by atomic mass is 16.5. The molecule has 5 heteroatoms. The molecule has 1 aliphatic heterocycles. The zero-order chi connectivity index (χ0) is 18.0. The van der Waals surface area contributed by atoms with E-state index < -0.39 is 0 Å². The first-order chi connectivity index (χ1) is 12.0. The molecule has 5 nitrogen and oxygen atoms in total. The monoisotopic (exact) mass is 335 g/mol. The van der Waals surface area contributed by atoms with Gasteiger partial charge in [0.05, 0.1) is 29.9 Å². The van der Waals surface area contributed by atoms with Gasteiger partial charge in [-0.25, -0.2) is 4.98 Å². The smallest absolute Gasteiger partial charge is 0.273 e. The van der Waals surface area contributed by atoms with Gasteiger partial charge in [0.2, 0.25) is 0 Å². The number of rotatable bonds is 2. The molecule has 0 saturated carbocycles. The molecule has 1 saturated heterocycles. The highest BCUT2D eigenvalue weighted by Crippen LogP contribution is 2.31. The van der Waals surface area contributed by atoms with E-state index in [1.165, 1.54) is 0 Å². The Morgan fingerprint density at radius 1 is 1.24 bits per heavy atom. The first-order valence-electron chi connectivity index (χ1n) is 8.40. The van der Waals surface area contributed by atoms with E-state index in [1.807, 2.05) is 49.1 Å². The van der Waals surface area contributed by atoms with Gasteiger partial charge in [0, 0.05) is 0 Å². The number of nitriles is 1. The second kappa shape index (κ2) is 7.04. The summed E-state index contributed by atoms with van der Waals surface area (Å²) in [6.45, 7) is 6.20. The molecule has 1 amide bonds. The van der Waals surface area contributed by atoms with E-state index in [-0.39, 0.29) is 24.1 Å². The zero-order valence-corrected chi connectivity index (χ0v) is 14.6. The molecule has 1 fully saturated rings. The fourth-order valence-corrected chi connectivity index (χ4v) is 3.34. The average Bonchev–Trinajstić information content (AvgIpc) is 2.62. The van der Waals surface area contributed by atoms with Crippen LogP contribution in [0, 0.1) is 18.3 Å². The van der Waals surface area contributed by atoms with E-state index in [1.54, 1.807) is 19.1 Å². The normalized spacial score (nSPS) is 23.1. The van der Waals surface area contributed by atoms with Crippen molar-refractivity contribution in [1.29, 1.82) is 5.26 Å². The van der Waals surface area contributed by atoms with Crippen LogP contribution in [-0.4, -0.2) is 34.5 Å². The van der Waals surface area contributed by atoms with E-state index >= 15 is 0 Å². The molecule has 1 aliphatic rings. The van der Waals surface area contributed by atoms with Crippen molar-refractivity contribution in [3.8, 4) is 6.07 Å². The predicted octanol–water partition coefficient (Wildman–Crippen LogP) is 3.25. The molecular formula is C20H21N3O2. The third-order valence-electron chi connectivity index (χ3n) is 4.66. The molecule has 25 heavy (non-hydrogen) atoms. The van der Waals surface area contributed by atoms with Crippen LogP contribution in [0.25, 0.3) is 0 Å². The average molecular weight is 335 g/mol. The van der Waals surface area contributed by atoms with Gasteiger partial charge < -0.3 is 9.64 Å². The third kappa shape index (κ3) is 3.26. The van der Waals surface area contributed by atoms with Gasteiger partial charge >= 0.3 is 0 Å². The summed E-state index contributed by atoms with van der Waals surface area (Å²) in [5, 5.41) is 9.04. The fraction of sp³-hybridized carbons (Fsp3) is 0.350. The summed E-state index contributed by atoms with van der Waals surface area (Å²) in [5.74, 6) is -0.128. The van der Waals surface area contributed by atoms with Crippen LogP contribution in [0.15, 0.2) is 42.5 Å². The first kappa shape index (κ1) is 17.1. The number of carbonyl (C=O) groups excluding carboxylic acids is 1. The molecule has 3 rings (SSSR count). The molecule has 3 atom stereocenters. The number of aryl methyl sites for hydroxylation is 1. The van der Waals surface area contributed by atoms with Crippen LogP contribution in [0.1, 0.15) is 47.3 Å². The summed E-state index contributed by atoms with van der Waals surface area (Å²) < 4.78 is 6.01. The first-order valence-corrected chi connectivity index (χ1v) is 8.40. The standard InChI is InChI=1S/C20H21N3O2/c1-13-12-25-19(16-7-5-4-6-8-16)15(3)23(13)20(24)18-10-9-17(11-21)14(2)22-18/h4-10,13,15,19H,12H2,1-3H3. The molecule has 0 radical (unpaired) electrons. The van der Waals surface area contributed by atoms with Gasteiger partial charge in [0.15, 0.2) is 0 Å². The molecule has 3 unspecified atom stereocenters. The van der Waals surface area contributed by atoms with Crippen molar-refractivity contribution >= 4 is 5.91 Å². The third-order valence-corrected chi connectivity index (χ3v) is 4.66. The van der Waals surface area contributed by atoms with Gasteiger partial charge in [-0.2, -0.15) is 5.26 Å². The van der Waals surface area contributed by atoms with Gasteiger partial charge in [-0.1, -0.05) is 30.3 Å². The van der Waals surface area contributed by atoms with E-state index in [0.717, 1.165) is 5.56 Å². The minimum Gasteiger partial charge on any atom is -0.369 e. The maximum Gasteiger partial charge on any atom is 0.273 e.